The third-order valence-corrected chi connectivity index (χ3v) is 9.55. The Morgan fingerprint density at radius 1 is 1.12 bits per heavy atom. The number of carbonyl (C=O) groups is 1. The number of halogens is 2. The van der Waals surface area contributed by atoms with Gasteiger partial charge < -0.3 is 30.5 Å². The molecular formula is C35H37F2N7O4. The summed E-state index contributed by atoms with van der Waals surface area (Å²) in [6, 6.07) is 6.14. The maximum atomic E-state index is 16.7. The number of hydrogen-bond donors (Lipinski definition) is 3. The van der Waals surface area contributed by atoms with Crippen LogP contribution in [-0.4, -0.2) is 95.5 Å². The highest BCUT2D eigenvalue weighted by Gasteiger charge is 2.34. The van der Waals surface area contributed by atoms with Crippen LogP contribution in [-0.2, 0) is 9.53 Å². The summed E-state index contributed by atoms with van der Waals surface area (Å²) in [5.41, 5.74) is 5.16. The highest BCUT2D eigenvalue weighted by Crippen LogP contribution is 2.39. The number of terminal acetylenes is 1. The number of benzene rings is 2. The van der Waals surface area contributed by atoms with Gasteiger partial charge in [0.2, 0.25) is 5.91 Å². The summed E-state index contributed by atoms with van der Waals surface area (Å²) in [7, 11) is 0. The second kappa shape index (κ2) is 13.5. The minimum atomic E-state index is -0.751. The second-order valence-electron chi connectivity index (χ2n) is 12.8. The molecule has 7 rings (SSSR count). The number of nitrogens with one attached hydrogen (secondary N) is 1. The van der Waals surface area contributed by atoms with Crippen molar-refractivity contribution in [3.05, 3.63) is 47.7 Å². The summed E-state index contributed by atoms with van der Waals surface area (Å²) >= 11 is 0. The second-order valence-corrected chi connectivity index (χ2v) is 12.8. The number of ether oxygens (including phenoxy) is 2. The van der Waals surface area contributed by atoms with Crippen LogP contribution in [0, 0.1) is 29.9 Å². The van der Waals surface area contributed by atoms with Crippen LogP contribution in [0.15, 0.2) is 30.5 Å². The van der Waals surface area contributed by atoms with Gasteiger partial charge >= 0.3 is 6.01 Å². The van der Waals surface area contributed by atoms with Crippen molar-refractivity contribution in [1.82, 2.24) is 25.2 Å². The molecule has 2 bridgehead atoms. The quantitative estimate of drug-likeness (QED) is 0.218. The molecule has 3 aliphatic heterocycles. The van der Waals surface area contributed by atoms with Crippen molar-refractivity contribution in [2.75, 3.05) is 57.4 Å². The minimum Gasteiger partial charge on any atom is -0.508 e. The molecule has 5 heterocycles. The highest BCUT2D eigenvalue weighted by atomic mass is 19.1. The molecule has 3 aliphatic rings. The average Bonchev–Trinajstić information content (AvgIpc) is 3.42. The predicted octanol–water partition coefficient (Wildman–Crippen LogP) is 3.34. The third-order valence-electron chi connectivity index (χ3n) is 9.55. The number of carbonyl (C=O) groups excluding carboxylic acids is 1. The average molecular weight is 658 g/mol. The highest BCUT2D eigenvalue weighted by molar-refractivity contribution is 6.03. The van der Waals surface area contributed by atoms with Crippen LogP contribution >= 0.6 is 0 Å². The number of aromatic nitrogens is 3. The normalized spacial score (nSPS) is 20.0. The maximum absolute atomic E-state index is 16.7. The standard InChI is InChI=1S/C35H37F2N7O4/c1-2-25-28(36)6-3-21-13-24(45)14-26(30(21)25)32-31(37)33-27(15-39-32)34(44-16-22-4-5-23(17-44)40-22)42-35(41-33)48-12-11-43-9-7-20(8-10-43)18-47-19-29(38)46/h1,3,6,13-15,20,22-23,40,45H,4-5,7-12,16-19H2,(H2,38,46). The Morgan fingerprint density at radius 2 is 1.90 bits per heavy atom. The monoisotopic (exact) mass is 657 g/mol. The van der Waals surface area contributed by atoms with Gasteiger partial charge in [0.25, 0.3) is 0 Å². The number of likely N-dealkylation sites (tertiary alicyclic amines) is 1. The van der Waals surface area contributed by atoms with Gasteiger partial charge in [-0.05, 0) is 68.3 Å². The lowest BCUT2D eigenvalue weighted by Crippen LogP contribution is -2.51. The van der Waals surface area contributed by atoms with E-state index < -0.39 is 17.5 Å². The number of phenolic OH excluding ortho intramolecular Hbond substituents is 1. The zero-order valence-electron chi connectivity index (χ0n) is 26.4. The Balaban J connectivity index is 1.19. The molecular weight excluding hydrogens is 620 g/mol. The van der Waals surface area contributed by atoms with E-state index in [1.54, 1.807) is 0 Å². The van der Waals surface area contributed by atoms with E-state index in [1.807, 2.05) is 0 Å². The molecule has 4 N–H and O–H groups in total. The van der Waals surface area contributed by atoms with E-state index >= 15 is 4.39 Å². The minimum absolute atomic E-state index is 0.0119. The van der Waals surface area contributed by atoms with Gasteiger partial charge in [-0.2, -0.15) is 9.97 Å². The van der Waals surface area contributed by atoms with Crippen molar-refractivity contribution in [2.45, 2.75) is 37.8 Å². The molecule has 0 radical (unpaired) electrons. The van der Waals surface area contributed by atoms with E-state index in [-0.39, 0.29) is 46.1 Å². The first-order chi connectivity index (χ1) is 23.3. The zero-order chi connectivity index (χ0) is 33.4. The van der Waals surface area contributed by atoms with Crippen LogP contribution in [0.25, 0.3) is 32.9 Å². The molecule has 250 valence electrons. The summed E-state index contributed by atoms with van der Waals surface area (Å²) in [5.74, 6) is 1.29. The van der Waals surface area contributed by atoms with Crippen molar-refractivity contribution in [1.29, 1.82) is 0 Å². The Bertz CT molecular complexity index is 1900. The molecule has 4 aromatic rings. The van der Waals surface area contributed by atoms with Crippen molar-refractivity contribution < 1.29 is 28.2 Å². The van der Waals surface area contributed by atoms with Crippen LogP contribution in [0.1, 0.15) is 31.2 Å². The Kier molecular flexibility index (Phi) is 8.96. The number of hydrogen-bond acceptors (Lipinski definition) is 10. The van der Waals surface area contributed by atoms with Crippen molar-refractivity contribution in [3.63, 3.8) is 0 Å². The first kappa shape index (κ1) is 31.9. The number of anilines is 1. The van der Waals surface area contributed by atoms with Crippen LogP contribution in [0.2, 0.25) is 0 Å². The third kappa shape index (κ3) is 6.43. The molecule has 48 heavy (non-hydrogen) atoms. The zero-order valence-corrected chi connectivity index (χ0v) is 26.4. The van der Waals surface area contributed by atoms with Gasteiger partial charge in [0.1, 0.15) is 41.8 Å². The van der Waals surface area contributed by atoms with E-state index in [1.165, 1.54) is 30.5 Å². The predicted molar refractivity (Wildman–Crippen MR) is 177 cm³/mol. The summed E-state index contributed by atoms with van der Waals surface area (Å²) < 4.78 is 43.0. The lowest BCUT2D eigenvalue weighted by atomic mass is 9.96. The van der Waals surface area contributed by atoms with Crippen LogP contribution in [0.5, 0.6) is 11.8 Å². The summed E-state index contributed by atoms with van der Waals surface area (Å²) in [6.45, 7) is 4.47. The van der Waals surface area contributed by atoms with Gasteiger partial charge in [0, 0.05) is 48.9 Å². The lowest BCUT2D eigenvalue weighted by Gasteiger charge is -2.34. The topological polar surface area (TPSA) is 139 Å². The van der Waals surface area contributed by atoms with Crippen molar-refractivity contribution in [3.8, 4) is 35.4 Å². The fourth-order valence-electron chi connectivity index (χ4n) is 7.21. The molecule has 0 aliphatic carbocycles. The van der Waals surface area contributed by atoms with E-state index in [0.717, 1.165) is 38.8 Å². The van der Waals surface area contributed by atoms with E-state index in [2.05, 4.69) is 31.0 Å². The molecule has 2 aromatic heterocycles. The van der Waals surface area contributed by atoms with Gasteiger partial charge in [0.15, 0.2) is 5.82 Å². The molecule has 0 saturated carbocycles. The number of aromatic hydroxyl groups is 1. The number of piperazine rings is 1. The van der Waals surface area contributed by atoms with Gasteiger partial charge in [-0.25, -0.2) is 8.78 Å². The molecule has 2 atom stereocenters. The number of pyridine rings is 1. The SMILES string of the molecule is C#Cc1c(F)ccc2cc(O)cc(-c3ncc4c(N5CC6CCC(C5)N6)nc(OCCN5CCC(COCC(N)=O)CC5)nc4c3F)c12. The Morgan fingerprint density at radius 3 is 2.62 bits per heavy atom. The lowest BCUT2D eigenvalue weighted by molar-refractivity contribution is -0.123. The smallest absolute Gasteiger partial charge is 0.319 e. The van der Waals surface area contributed by atoms with Crippen molar-refractivity contribution >= 4 is 33.4 Å². The number of piperidine rings is 1. The van der Waals surface area contributed by atoms with Gasteiger partial charge in [0.05, 0.1) is 17.6 Å². The first-order valence-electron chi connectivity index (χ1n) is 16.3. The number of phenols is 1. The number of nitrogens with zero attached hydrogens (tertiary/aromatic N) is 5. The van der Waals surface area contributed by atoms with Crippen LogP contribution in [0.3, 0.4) is 0 Å². The van der Waals surface area contributed by atoms with Gasteiger partial charge in [-0.15, -0.1) is 6.42 Å². The molecule has 11 nitrogen and oxygen atoms in total. The fourth-order valence-corrected chi connectivity index (χ4v) is 7.21. The number of amides is 1. The molecule has 2 unspecified atom stereocenters. The number of rotatable bonds is 10. The number of fused-ring (bicyclic) bond motifs is 4. The summed E-state index contributed by atoms with van der Waals surface area (Å²) in [4.78, 5) is 29.2. The van der Waals surface area contributed by atoms with Crippen molar-refractivity contribution in [2.24, 2.45) is 11.7 Å². The summed E-state index contributed by atoms with van der Waals surface area (Å²) in [5, 5.41) is 15.3. The molecule has 3 fully saturated rings. The van der Waals surface area contributed by atoms with Gasteiger partial charge in [-0.3, -0.25) is 14.7 Å². The van der Waals surface area contributed by atoms with Crippen LogP contribution in [0.4, 0.5) is 14.6 Å². The van der Waals surface area contributed by atoms with E-state index in [9.17, 15) is 14.3 Å². The molecule has 0 spiro atoms. The maximum Gasteiger partial charge on any atom is 0.319 e. The summed E-state index contributed by atoms with van der Waals surface area (Å²) in [6.07, 6.45) is 11.2. The Labute approximate surface area is 276 Å². The van der Waals surface area contributed by atoms with E-state index in [4.69, 9.17) is 26.6 Å². The van der Waals surface area contributed by atoms with Gasteiger partial charge in [-0.1, -0.05) is 12.0 Å². The molecule has 2 aromatic carbocycles. The number of primary amides is 1. The van der Waals surface area contributed by atoms with Crippen LogP contribution < -0.4 is 20.7 Å². The molecule has 1 amide bonds. The largest absolute Gasteiger partial charge is 0.508 e. The van der Waals surface area contributed by atoms with E-state index in [0.29, 0.717) is 67.4 Å². The molecule has 3 saturated heterocycles. The molecule has 13 heteroatoms. The first-order valence-corrected chi connectivity index (χ1v) is 16.3. The number of nitrogens with two attached hydrogens (primary N) is 1. The Hall–Kier alpha value is -4.64. The fraction of sp³-hybridized carbons (Fsp3) is 0.429.